The molecular formula is C30H26F2N4O4S2. The molecule has 1 aliphatic heterocycles. The highest BCUT2D eigenvalue weighted by atomic mass is 32.2. The molecule has 0 saturated carbocycles. The summed E-state index contributed by atoms with van der Waals surface area (Å²) in [5.41, 5.74) is 3.38. The van der Waals surface area contributed by atoms with Crippen molar-refractivity contribution in [2.45, 2.75) is 18.8 Å². The Morgan fingerprint density at radius 3 is 2.64 bits per heavy atom. The number of piperidine rings is 1. The molecule has 42 heavy (non-hydrogen) atoms. The molecule has 1 atom stereocenters. The number of rotatable bonds is 6. The van der Waals surface area contributed by atoms with Gasteiger partial charge in [0.25, 0.3) is 11.8 Å². The third-order valence-corrected chi connectivity index (χ3v) is 8.99. The van der Waals surface area contributed by atoms with Crippen LogP contribution in [0.1, 0.15) is 44.5 Å². The van der Waals surface area contributed by atoms with Crippen LogP contribution in [0.2, 0.25) is 0 Å². The van der Waals surface area contributed by atoms with Crippen LogP contribution in [0.25, 0.3) is 32.5 Å². The topological polar surface area (TPSA) is 98.9 Å². The lowest BCUT2D eigenvalue weighted by atomic mass is 9.88. The summed E-state index contributed by atoms with van der Waals surface area (Å²) in [6, 6.07) is 13.6. The first-order valence-corrected chi connectivity index (χ1v) is 14.8. The molecular weight excluding hydrogens is 582 g/mol. The van der Waals surface area contributed by atoms with Gasteiger partial charge in [-0.3, -0.25) is 13.9 Å². The summed E-state index contributed by atoms with van der Waals surface area (Å²) in [6.45, 7) is 0.940. The minimum atomic E-state index is -0.406. The number of benzene rings is 3. The second kappa shape index (κ2) is 11.3. The van der Waals surface area contributed by atoms with Gasteiger partial charge in [-0.2, -0.15) is 0 Å². The molecule has 5 aromatic rings. The van der Waals surface area contributed by atoms with Crippen LogP contribution in [0.5, 0.6) is 0 Å². The van der Waals surface area contributed by atoms with Crippen molar-refractivity contribution in [1.82, 2.24) is 15.2 Å². The number of thiazole rings is 1. The maximum atomic E-state index is 13.7. The molecule has 3 aromatic carbocycles. The van der Waals surface area contributed by atoms with E-state index < -0.39 is 5.82 Å². The number of carbonyl (C=O) groups excluding carboxylic acids is 2. The van der Waals surface area contributed by atoms with Crippen LogP contribution in [0.4, 0.5) is 14.5 Å². The van der Waals surface area contributed by atoms with Crippen LogP contribution in [0, 0.1) is 11.6 Å². The Morgan fingerprint density at radius 2 is 1.90 bits per heavy atom. The average Bonchev–Trinajstić information content (AvgIpc) is 3.60. The number of amides is 2. The lowest BCUT2D eigenvalue weighted by Crippen LogP contribution is -2.39. The van der Waals surface area contributed by atoms with Gasteiger partial charge < -0.3 is 19.2 Å². The van der Waals surface area contributed by atoms with Gasteiger partial charge in [-0.15, -0.1) is 11.3 Å². The number of halogens is 2. The molecule has 3 heterocycles. The Kier molecular flexibility index (Phi) is 7.60. The Balaban J connectivity index is 1.41. The predicted molar refractivity (Wildman–Crippen MR) is 161 cm³/mol. The number of carbonyl (C=O) groups is 2. The van der Waals surface area contributed by atoms with E-state index in [1.54, 1.807) is 40.5 Å². The molecule has 1 saturated heterocycles. The van der Waals surface area contributed by atoms with E-state index in [1.165, 1.54) is 42.6 Å². The van der Waals surface area contributed by atoms with Crippen LogP contribution in [-0.4, -0.2) is 53.4 Å². The van der Waals surface area contributed by atoms with Gasteiger partial charge in [0.1, 0.15) is 35.2 Å². The molecule has 0 aliphatic carbocycles. The Labute approximate surface area is 248 Å². The number of fused-ring (bicyclic) bond motifs is 2. The largest absolute Gasteiger partial charge is 0.455 e. The van der Waals surface area contributed by atoms with Crippen molar-refractivity contribution in [3.63, 3.8) is 0 Å². The third kappa shape index (κ3) is 5.10. The monoisotopic (exact) mass is 608 g/mol. The second-order valence-corrected chi connectivity index (χ2v) is 11.8. The van der Waals surface area contributed by atoms with E-state index in [9.17, 15) is 22.9 Å². The lowest BCUT2D eigenvalue weighted by Gasteiger charge is -2.34. The summed E-state index contributed by atoms with van der Waals surface area (Å²) >= 11 is 1.71. The summed E-state index contributed by atoms with van der Waals surface area (Å²) in [6.07, 6.45) is 1.51. The number of nitrogens with one attached hydrogen (secondary N) is 1. The van der Waals surface area contributed by atoms with Crippen LogP contribution < -0.4 is 9.62 Å². The maximum absolute atomic E-state index is 13.7. The fraction of sp³-hybridized carbons (Fsp3) is 0.233. The van der Waals surface area contributed by atoms with Gasteiger partial charge in [-0.05, 0) is 66.9 Å². The van der Waals surface area contributed by atoms with Gasteiger partial charge in [-0.25, -0.2) is 13.8 Å². The SMILES string of the molecule is CNC(=O)c1c(-c2ccc(F)cc2)oc2cc(N(C)SO)c([C@H]3CCCN(C(=O)c4nc5ccc(F)cc5s4)C3)cc12. The van der Waals surface area contributed by atoms with Crippen molar-refractivity contribution in [3.8, 4) is 11.3 Å². The molecule has 0 radical (unpaired) electrons. The van der Waals surface area contributed by atoms with E-state index in [4.69, 9.17) is 4.42 Å². The first kappa shape index (κ1) is 28.1. The van der Waals surface area contributed by atoms with Crippen LogP contribution >= 0.6 is 23.6 Å². The molecule has 12 heteroatoms. The van der Waals surface area contributed by atoms with Crippen LogP contribution in [0.3, 0.4) is 0 Å². The van der Waals surface area contributed by atoms with Crippen molar-refractivity contribution < 1.29 is 27.3 Å². The summed E-state index contributed by atoms with van der Waals surface area (Å²) in [5.74, 6) is -1.18. The number of aromatic nitrogens is 1. The highest BCUT2D eigenvalue weighted by Gasteiger charge is 2.31. The van der Waals surface area contributed by atoms with Crippen LogP contribution in [-0.2, 0) is 0 Å². The second-order valence-electron chi connectivity index (χ2n) is 10.1. The zero-order chi connectivity index (χ0) is 29.5. The number of anilines is 1. The van der Waals surface area contributed by atoms with Crippen LogP contribution in [0.15, 0.2) is 59.0 Å². The average molecular weight is 609 g/mol. The van der Waals surface area contributed by atoms with Crippen molar-refractivity contribution in [1.29, 1.82) is 0 Å². The standard InChI is InChI=1S/C30H26F2N4O4S2/c1-33-28(37)26-21-13-20(23(35(2)42-39)14-24(21)40-27(26)16-5-7-18(31)8-6-16)17-4-3-11-36(15-17)30(38)29-34-22-10-9-19(32)12-25(22)41-29/h5-10,12-14,17,39H,3-4,11,15H2,1-2H3,(H,33,37)/t17-/m0/s1. The molecule has 0 unspecified atom stereocenters. The first-order valence-electron chi connectivity index (χ1n) is 13.3. The van der Waals surface area contributed by atoms with Crippen molar-refractivity contribution >= 4 is 62.3 Å². The van der Waals surface area contributed by atoms with Crippen molar-refractivity contribution in [3.05, 3.63) is 82.4 Å². The normalized spacial score (nSPS) is 15.4. The lowest BCUT2D eigenvalue weighted by molar-refractivity contribution is 0.0707. The Bertz CT molecular complexity index is 1820. The zero-order valence-corrected chi connectivity index (χ0v) is 24.3. The zero-order valence-electron chi connectivity index (χ0n) is 22.7. The van der Waals surface area contributed by atoms with E-state index in [1.807, 2.05) is 6.07 Å². The van der Waals surface area contributed by atoms with Gasteiger partial charge in [0.2, 0.25) is 0 Å². The minimum Gasteiger partial charge on any atom is -0.455 e. The van der Waals surface area contributed by atoms with E-state index >= 15 is 0 Å². The van der Waals surface area contributed by atoms with Gasteiger partial charge >= 0.3 is 0 Å². The summed E-state index contributed by atoms with van der Waals surface area (Å²) in [4.78, 5) is 32.8. The fourth-order valence-corrected chi connectivity index (χ4v) is 6.69. The van der Waals surface area contributed by atoms with Gasteiger partial charge in [0, 0.05) is 50.1 Å². The van der Waals surface area contributed by atoms with E-state index in [2.05, 4.69) is 10.3 Å². The fourth-order valence-electron chi connectivity index (χ4n) is 5.49. The molecule has 6 rings (SSSR count). The molecule has 1 fully saturated rings. The molecule has 8 nitrogen and oxygen atoms in total. The molecule has 2 aromatic heterocycles. The first-order chi connectivity index (χ1) is 20.3. The molecule has 1 aliphatic rings. The highest BCUT2D eigenvalue weighted by molar-refractivity contribution is 7.95. The van der Waals surface area contributed by atoms with Gasteiger partial charge in [-0.1, -0.05) is 0 Å². The molecule has 2 amide bonds. The molecule has 0 bridgehead atoms. The number of nitrogens with zero attached hydrogens (tertiary/aromatic N) is 3. The molecule has 216 valence electrons. The number of likely N-dealkylation sites (tertiary alicyclic amines) is 1. The van der Waals surface area contributed by atoms with Crippen molar-refractivity contribution in [2.24, 2.45) is 0 Å². The summed E-state index contributed by atoms with van der Waals surface area (Å²) in [5, 5.41) is 3.54. The summed E-state index contributed by atoms with van der Waals surface area (Å²) in [7, 11) is 3.24. The number of hydrogen-bond acceptors (Lipinski definition) is 8. The Hall–Kier alpha value is -4.00. The van der Waals surface area contributed by atoms with Gasteiger partial charge in [0.05, 0.1) is 21.5 Å². The third-order valence-electron chi connectivity index (χ3n) is 7.54. The van der Waals surface area contributed by atoms with E-state index in [-0.39, 0.29) is 23.5 Å². The predicted octanol–water partition coefficient (Wildman–Crippen LogP) is 6.92. The highest BCUT2D eigenvalue weighted by Crippen LogP contribution is 2.42. The van der Waals surface area contributed by atoms with E-state index in [0.29, 0.717) is 74.1 Å². The Morgan fingerprint density at radius 1 is 1.14 bits per heavy atom. The van der Waals surface area contributed by atoms with E-state index in [0.717, 1.165) is 18.4 Å². The smallest absolute Gasteiger partial charge is 0.282 e. The quantitative estimate of drug-likeness (QED) is 0.159. The molecule has 0 spiro atoms. The maximum Gasteiger partial charge on any atom is 0.282 e. The van der Waals surface area contributed by atoms with Gasteiger partial charge in [0.15, 0.2) is 5.01 Å². The molecule has 2 N–H and O–H groups in total. The number of furan rings is 1. The van der Waals surface area contributed by atoms with Crippen molar-refractivity contribution in [2.75, 3.05) is 31.5 Å². The summed E-state index contributed by atoms with van der Waals surface area (Å²) < 4.78 is 45.7. The minimum absolute atomic E-state index is 0.120. The number of hydrogen-bond donors (Lipinski definition) is 2.